The summed E-state index contributed by atoms with van der Waals surface area (Å²) in [5.41, 5.74) is 0. The number of carbonyl (C=O) groups is 1. The van der Waals surface area contributed by atoms with Crippen LogP contribution in [0, 0.1) is 0 Å². The van der Waals surface area contributed by atoms with Gasteiger partial charge in [0.05, 0.1) is 19.4 Å². The van der Waals surface area contributed by atoms with Crippen molar-refractivity contribution in [2.75, 3.05) is 19.6 Å². The van der Waals surface area contributed by atoms with E-state index in [0.29, 0.717) is 13.1 Å². The van der Waals surface area contributed by atoms with Gasteiger partial charge in [-0.15, -0.1) is 11.3 Å². The largest absolute Gasteiger partial charge is 0.468 e. The molecule has 1 aliphatic rings. The Hall–Kier alpha value is -1.59. The van der Waals surface area contributed by atoms with Crippen LogP contribution >= 0.6 is 11.3 Å². The number of nitrogens with zero attached hydrogens (tertiary/aromatic N) is 2. The average molecular weight is 332 g/mol. The molecule has 1 saturated heterocycles. The first-order valence-electron chi connectivity index (χ1n) is 8.36. The molecule has 1 amide bonds. The molecule has 0 N–H and O–H groups in total. The monoisotopic (exact) mass is 332 g/mol. The van der Waals surface area contributed by atoms with E-state index in [4.69, 9.17) is 4.42 Å². The van der Waals surface area contributed by atoms with Crippen LogP contribution in [-0.2, 0) is 17.9 Å². The number of amides is 1. The van der Waals surface area contributed by atoms with Crippen LogP contribution in [0.4, 0.5) is 0 Å². The lowest BCUT2D eigenvalue weighted by molar-refractivity contribution is -0.132. The lowest BCUT2D eigenvalue weighted by atomic mass is 10.2. The minimum absolute atomic E-state index is 0.245. The van der Waals surface area contributed by atoms with E-state index in [9.17, 15) is 4.79 Å². The number of thiophene rings is 1. The van der Waals surface area contributed by atoms with Gasteiger partial charge < -0.3 is 9.32 Å². The Bertz CT molecular complexity index is 536. The van der Waals surface area contributed by atoms with Crippen molar-refractivity contribution in [3.05, 3.63) is 46.5 Å². The van der Waals surface area contributed by atoms with Crippen molar-refractivity contribution < 1.29 is 9.21 Å². The highest BCUT2D eigenvalue weighted by Crippen LogP contribution is 2.16. The number of hydrogen-bond donors (Lipinski definition) is 0. The molecule has 2 aromatic rings. The van der Waals surface area contributed by atoms with Crippen LogP contribution in [0.3, 0.4) is 0 Å². The van der Waals surface area contributed by atoms with Crippen LogP contribution < -0.4 is 0 Å². The van der Waals surface area contributed by atoms with E-state index in [-0.39, 0.29) is 5.91 Å². The predicted molar refractivity (Wildman–Crippen MR) is 92.2 cm³/mol. The van der Waals surface area contributed by atoms with E-state index in [2.05, 4.69) is 22.4 Å². The van der Waals surface area contributed by atoms with E-state index >= 15 is 0 Å². The SMILES string of the molecule is O=C(CN(Cc1ccco1)Cc1cccs1)N1CCCCCC1. The molecule has 3 rings (SSSR count). The summed E-state index contributed by atoms with van der Waals surface area (Å²) < 4.78 is 5.47. The lowest BCUT2D eigenvalue weighted by Crippen LogP contribution is -2.40. The zero-order valence-corrected chi connectivity index (χ0v) is 14.3. The summed E-state index contributed by atoms with van der Waals surface area (Å²) in [6.07, 6.45) is 6.45. The van der Waals surface area contributed by atoms with Gasteiger partial charge in [0, 0.05) is 24.5 Å². The van der Waals surface area contributed by atoms with Crippen molar-refractivity contribution in [1.82, 2.24) is 9.80 Å². The second kappa shape index (κ2) is 8.31. The summed E-state index contributed by atoms with van der Waals surface area (Å²) in [5, 5.41) is 2.08. The number of carbonyl (C=O) groups excluding carboxylic acids is 1. The first kappa shape index (κ1) is 16.3. The van der Waals surface area contributed by atoms with Gasteiger partial charge in [-0.05, 0) is 36.4 Å². The Kier molecular flexibility index (Phi) is 5.88. The first-order chi connectivity index (χ1) is 11.3. The van der Waals surface area contributed by atoms with E-state index in [1.54, 1.807) is 17.6 Å². The molecular weight excluding hydrogens is 308 g/mol. The Morgan fingerprint density at radius 3 is 2.61 bits per heavy atom. The normalized spacial score (nSPS) is 15.8. The van der Waals surface area contributed by atoms with Gasteiger partial charge in [-0.25, -0.2) is 0 Å². The Labute approximate surface area is 141 Å². The summed E-state index contributed by atoms with van der Waals surface area (Å²) in [6.45, 7) is 3.74. The lowest BCUT2D eigenvalue weighted by Gasteiger charge is -2.25. The standard InChI is InChI=1S/C18H24N2O2S/c21-18(20-9-3-1-2-4-10-20)15-19(13-16-7-5-11-22-16)14-17-8-6-12-23-17/h5-8,11-12H,1-4,9-10,13-15H2. The minimum Gasteiger partial charge on any atom is -0.468 e. The molecular formula is C18H24N2O2S. The molecule has 0 radical (unpaired) electrons. The van der Waals surface area contributed by atoms with Gasteiger partial charge in [-0.2, -0.15) is 0 Å². The van der Waals surface area contributed by atoms with Crippen LogP contribution in [0.1, 0.15) is 36.3 Å². The molecule has 0 unspecified atom stereocenters. The highest BCUT2D eigenvalue weighted by molar-refractivity contribution is 7.09. The number of furan rings is 1. The minimum atomic E-state index is 0.245. The molecule has 5 heteroatoms. The van der Waals surface area contributed by atoms with Gasteiger partial charge in [0.15, 0.2) is 0 Å². The third-order valence-electron chi connectivity index (χ3n) is 4.24. The van der Waals surface area contributed by atoms with Gasteiger partial charge in [0.25, 0.3) is 0 Å². The van der Waals surface area contributed by atoms with Crippen molar-refractivity contribution >= 4 is 17.2 Å². The van der Waals surface area contributed by atoms with Crippen molar-refractivity contribution in [1.29, 1.82) is 0 Å². The summed E-state index contributed by atoms with van der Waals surface area (Å²) >= 11 is 1.73. The summed E-state index contributed by atoms with van der Waals surface area (Å²) in [5.74, 6) is 1.15. The maximum atomic E-state index is 12.7. The number of hydrogen-bond acceptors (Lipinski definition) is 4. The molecule has 0 bridgehead atoms. The highest BCUT2D eigenvalue weighted by Gasteiger charge is 2.19. The fraction of sp³-hybridized carbons (Fsp3) is 0.500. The fourth-order valence-electron chi connectivity index (χ4n) is 3.02. The van der Waals surface area contributed by atoms with Crippen LogP contribution in [0.25, 0.3) is 0 Å². The molecule has 4 nitrogen and oxygen atoms in total. The highest BCUT2D eigenvalue weighted by atomic mass is 32.1. The third-order valence-corrected chi connectivity index (χ3v) is 5.10. The van der Waals surface area contributed by atoms with E-state index < -0.39 is 0 Å². The summed E-state index contributed by atoms with van der Waals surface area (Å²) in [6, 6.07) is 8.05. The molecule has 0 atom stereocenters. The van der Waals surface area contributed by atoms with Gasteiger partial charge >= 0.3 is 0 Å². The number of rotatable bonds is 6. The zero-order chi connectivity index (χ0) is 15.9. The van der Waals surface area contributed by atoms with Gasteiger partial charge in [-0.3, -0.25) is 9.69 Å². The van der Waals surface area contributed by atoms with E-state index in [0.717, 1.165) is 38.2 Å². The van der Waals surface area contributed by atoms with Crippen LogP contribution in [-0.4, -0.2) is 35.3 Å². The van der Waals surface area contributed by atoms with Crippen molar-refractivity contribution in [3.63, 3.8) is 0 Å². The van der Waals surface area contributed by atoms with Crippen molar-refractivity contribution in [2.45, 2.75) is 38.8 Å². The second-order valence-electron chi connectivity index (χ2n) is 6.10. The molecule has 2 aromatic heterocycles. The second-order valence-corrected chi connectivity index (χ2v) is 7.13. The zero-order valence-electron chi connectivity index (χ0n) is 13.4. The predicted octanol–water partition coefficient (Wildman–Crippen LogP) is 3.75. The Morgan fingerprint density at radius 2 is 1.96 bits per heavy atom. The van der Waals surface area contributed by atoms with E-state index in [1.165, 1.54) is 17.7 Å². The van der Waals surface area contributed by atoms with Gasteiger partial charge in [0.2, 0.25) is 5.91 Å². The maximum Gasteiger partial charge on any atom is 0.236 e. The molecule has 1 aliphatic heterocycles. The molecule has 3 heterocycles. The van der Waals surface area contributed by atoms with E-state index in [1.807, 2.05) is 17.0 Å². The molecule has 0 aromatic carbocycles. The topological polar surface area (TPSA) is 36.7 Å². The first-order valence-corrected chi connectivity index (χ1v) is 9.24. The van der Waals surface area contributed by atoms with Gasteiger partial charge in [0.1, 0.15) is 5.76 Å². The fourth-order valence-corrected chi connectivity index (χ4v) is 3.77. The number of likely N-dealkylation sites (tertiary alicyclic amines) is 1. The Morgan fingerprint density at radius 1 is 1.13 bits per heavy atom. The van der Waals surface area contributed by atoms with Crippen LogP contribution in [0.15, 0.2) is 40.3 Å². The Balaban J connectivity index is 1.63. The molecule has 0 aliphatic carbocycles. The molecule has 0 spiro atoms. The molecule has 23 heavy (non-hydrogen) atoms. The smallest absolute Gasteiger partial charge is 0.236 e. The third kappa shape index (κ3) is 4.94. The van der Waals surface area contributed by atoms with Gasteiger partial charge in [-0.1, -0.05) is 18.9 Å². The average Bonchev–Trinajstić information content (AvgIpc) is 3.16. The maximum absolute atomic E-state index is 12.7. The van der Waals surface area contributed by atoms with Crippen molar-refractivity contribution in [3.8, 4) is 0 Å². The molecule has 0 saturated carbocycles. The molecule has 1 fully saturated rings. The summed E-state index contributed by atoms with van der Waals surface area (Å²) in [4.78, 5) is 18.2. The van der Waals surface area contributed by atoms with Crippen LogP contribution in [0.5, 0.6) is 0 Å². The summed E-state index contributed by atoms with van der Waals surface area (Å²) in [7, 11) is 0. The van der Waals surface area contributed by atoms with Crippen molar-refractivity contribution in [2.24, 2.45) is 0 Å². The molecule has 124 valence electrons. The van der Waals surface area contributed by atoms with Crippen LogP contribution in [0.2, 0.25) is 0 Å². The quantitative estimate of drug-likeness (QED) is 0.808.